The summed E-state index contributed by atoms with van der Waals surface area (Å²) in [5.74, 6) is -3.71. The van der Waals surface area contributed by atoms with Crippen LogP contribution in [0.25, 0.3) is 0 Å². The number of carbonyl (C=O) groups is 1. The highest BCUT2D eigenvalue weighted by Gasteiger charge is 2.44. The molecule has 0 aliphatic carbocycles. The number of pyridine rings is 1. The van der Waals surface area contributed by atoms with E-state index in [1.165, 1.54) is 0 Å². The van der Waals surface area contributed by atoms with Gasteiger partial charge in [-0.2, -0.15) is 13.2 Å². The van der Waals surface area contributed by atoms with Gasteiger partial charge in [-0.1, -0.05) is 0 Å². The number of carbonyl (C=O) groups excluding carboxylic acids is 1. The summed E-state index contributed by atoms with van der Waals surface area (Å²) in [4.78, 5) is 14.4. The molecule has 0 saturated heterocycles. The molecule has 0 N–H and O–H groups in total. The van der Waals surface area contributed by atoms with Crippen LogP contribution in [0.1, 0.15) is 11.3 Å². The van der Waals surface area contributed by atoms with Crippen molar-refractivity contribution in [2.24, 2.45) is 0 Å². The molecule has 22 heavy (non-hydrogen) atoms. The lowest BCUT2D eigenvalue weighted by molar-refractivity contribution is -0.276. The molecule has 0 aliphatic rings. The van der Waals surface area contributed by atoms with Gasteiger partial charge in [0.15, 0.2) is 11.5 Å². The molecule has 0 aromatic carbocycles. The monoisotopic (exact) mass is 333 g/mol. The first-order chi connectivity index (χ1) is 9.99. The molecule has 0 radical (unpaired) electrons. The van der Waals surface area contributed by atoms with Crippen molar-refractivity contribution in [3.8, 4) is 11.5 Å². The molecule has 0 bridgehead atoms. The average molecular weight is 333 g/mol. The molecule has 1 aromatic rings. The summed E-state index contributed by atoms with van der Waals surface area (Å²) in [5, 5.41) is 0. The van der Waals surface area contributed by atoms with Gasteiger partial charge >= 0.3 is 18.5 Å². The van der Waals surface area contributed by atoms with Gasteiger partial charge in [0.05, 0.1) is 32.5 Å². The highest BCUT2D eigenvalue weighted by molar-refractivity contribution is 5.73. The first-order valence-electron chi connectivity index (χ1n) is 5.45. The summed E-state index contributed by atoms with van der Waals surface area (Å²) >= 11 is 0. The Kier molecular flexibility index (Phi) is 5.09. The zero-order chi connectivity index (χ0) is 17.1. The largest absolute Gasteiger partial charge is 0.573 e. The van der Waals surface area contributed by atoms with Crippen molar-refractivity contribution in [2.75, 3.05) is 14.2 Å². The third-order valence-corrected chi connectivity index (χ3v) is 2.33. The smallest absolute Gasteiger partial charge is 0.494 e. The van der Waals surface area contributed by atoms with Crippen LogP contribution in [0.3, 0.4) is 0 Å². The minimum Gasteiger partial charge on any atom is -0.494 e. The van der Waals surface area contributed by atoms with Crippen LogP contribution in [0, 0.1) is 0 Å². The normalized spacial score (nSPS) is 12.0. The average Bonchev–Trinajstić information content (AvgIpc) is 2.36. The lowest BCUT2D eigenvalue weighted by atomic mass is 10.1. The van der Waals surface area contributed by atoms with Gasteiger partial charge in [0.1, 0.15) is 5.56 Å². The zero-order valence-corrected chi connectivity index (χ0v) is 11.1. The number of halogens is 6. The van der Waals surface area contributed by atoms with E-state index in [4.69, 9.17) is 0 Å². The molecule has 0 spiro atoms. The fourth-order valence-electron chi connectivity index (χ4n) is 1.50. The molecule has 0 saturated carbocycles. The van der Waals surface area contributed by atoms with Crippen molar-refractivity contribution in [2.45, 2.75) is 19.0 Å². The molecule has 0 fully saturated rings. The third-order valence-electron chi connectivity index (χ3n) is 2.33. The van der Waals surface area contributed by atoms with E-state index in [1.54, 1.807) is 0 Å². The van der Waals surface area contributed by atoms with Gasteiger partial charge < -0.3 is 14.2 Å². The van der Waals surface area contributed by atoms with E-state index in [0.717, 1.165) is 14.2 Å². The van der Waals surface area contributed by atoms with Crippen molar-refractivity contribution >= 4 is 5.97 Å². The number of alkyl halides is 6. The Bertz CT molecular complexity index is 555. The van der Waals surface area contributed by atoms with Gasteiger partial charge in [-0.25, -0.2) is 0 Å². The zero-order valence-electron chi connectivity index (χ0n) is 11.1. The topological polar surface area (TPSA) is 57.7 Å². The Labute approximate surface area is 119 Å². The predicted molar refractivity (Wildman–Crippen MR) is 58.2 cm³/mol. The van der Waals surface area contributed by atoms with E-state index in [-0.39, 0.29) is 0 Å². The van der Waals surface area contributed by atoms with Crippen molar-refractivity contribution in [3.05, 3.63) is 17.5 Å². The molecule has 1 heterocycles. The lowest BCUT2D eigenvalue weighted by Gasteiger charge is -2.19. The number of esters is 1. The molecule has 124 valence electrons. The van der Waals surface area contributed by atoms with Crippen LogP contribution in [0.2, 0.25) is 0 Å². The fourth-order valence-corrected chi connectivity index (χ4v) is 1.50. The number of aromatic nitrogens is 1. The van der Waals surface area contributed by atoms with Gasteiger partial charge in [0.25, 0.3) is 0 Å². The Morgan fingerprint density at radius 1 is 1.18 bits per heavy atom. The van der Waals surface area contributed by atoms with Gasteiger partial charge in [-0.05, 0) is 0 Å². The maximum Gasteiger partial charge on any atom is 0.573 e. The Morgan fingerprint density at radius 3 is 2.18 bits per heavy atom. The van der Waals surface area contributed by atoms with E-state index in [9.17, 15) is 31.1 Å². The molecule has 0 amide bonds. The Hall–Kier alpha value is -2.20. The first-order valence-corrected chi connectivity index (χ1v) is 5.45. The molecular weight excluding hydrogens is 324 g/mol. The highest BCUT2D eigenvalue weighted by atomic mass is 19.4. The summed E-state index contributed by atoms with van der Waals surface area (Å²) in [6.07, 6.45) is -11.0. The maximum atomic E-state index is 13.0. The highest BCUT2D eigenvalue weighted by Crippen LogP contribution is 2.45. The second-order valence-corrected chi connectivity index (χ2v) is 3.78. The second kappa shape index (κ2) is 6.28. The van der Waals surface area contributed by atoms with E-state index in [0.29, 0.717) is 6.20 Å². The van der Waals surface area contributed by atoms with Crippen molar-refractivity contribution in [1.29, 1.82) is 0 Å². The van der Waals surface area contributed by atoms with Crippen LogP contribution in [0.15, 0.2) is 6.20 Å². The van der Waals surface area contributed by atoms with E-state index >= 15 is 0 Å². The maximum absolute atomic E-state index is 13.0. The lowest BCUT2D eigenvalue weighted by Crippen LogP contribution is -2.23. The fraction of sp³-hybridized carbons (Fsp3) is 0.455. The van der Waals surface area contributed by atoms with Crippen LogP contribution in [0.5, 0.6) is 11.5 Å². The molecule has 0 atom stereocenters. The van der Waals surface area contributed by atoms with E-state index in [2.05, 4.69) is 19.2 Å². The van der Waals surface area contributed by atoms with Crippen LogP contribution in [-0.2, 0) is 22.1 Å². The van der Waals surface area contributed by atoms with Crippen LogP contribution < -0.4 is 9.47 Å². The minimum atomic E-state index is -5.42. The summed E-state index contributed by atoms with van der Waals surface area (Å²) in [6.45, 7) is 0. The second-order valence-electron chi connectivity index (χ2n) is 3.78. The molecular formula is C11H9F6NO4. The molecule has 5 nitrogen and oxygen atoms in total. The third kappa shape index (κ3) is 4.40. The SMILES string of the molecule is COC(=O)Cc1ncc(OC)c(C(F)(F)F)c1OC(F)(F)F. The predicted octanol–water partition coefficient (Wildman–Crippen LogP) is 2.72. The molecule has 11 heteroatoms. The van der Waals surface area contributed by atoms with Gasteiger partial charge in [-0.3, -0.25) is 9.78 Å². The van der Waals surface area contributed by atoms with Gasteiger partial charge in [-0.15, -0.1) is 13.2 Å². The quantitative estimate of drug-likeness (QED) is 0.626. The number of nitrogens with zero attached hydrogens (tertiary/aromatic N) is 1. The molecule has 1 rings (SSSR count). The number of hydrogen-bond donors (Lipinski definition) is 0. The van der Waals surface area contributed by atoms with Gasteiger partial charge in [0, 0.05) is 0 Å². The van der Waals surface area contributed by atoms with Crippen LogP contribution in [-0.4, -0.2) is 31.5 Å². The molecule has 0 unspecified atom stereocenters. The first kappa shape index (κ1) is 17.9. The summed E-state index contributed by atoms with van der Waals surface area (Å²) in [6, 6.07) is 0. The number of methoxy groups -OCH3 is 2. The van der Waals surface area contributed by atoms with E-state index < -0.39 is 47.7 Å². The summed E-state index contributed by atoms with van der Waals surface area (Å²) in [7, 11) is 1.74. The van der Waals surface area contributed by atoms with Crippen LogP contribution in [0.4, 0.5) is 26.3 Å². The standard InChI is InChI=1S/C11H9F6NO4/c1-20-6-4-18-5(3-7(19)21-2)9(22-11(15,16)17)8(6)10(12,13)14/h4H,3H2,1-2H3. The number of ether oxygens (including phenoxy) is 3. The van der Waals surface area contributed by atoms with Crippen LogP contribution >= 0.6 is 0 Å². The molecule has 0 aliphatic heterocycles. The minimum absolute atomic E-state index is 0.546. The van der Waals surface area contributed by atoms with Gasteiger partial charge in [0.2, 0.25) is 0 Å². The number of rotatable bonds is 4. The van der Waals surface area contributed by atoms with Crippen molar-refractivity contribution in [1.82, 2.24) is 4.98 Å². The molecule has 1 aromatic heterocycles. The van der Waals surface area contributed by atoms with E-state index in [1.807, 2.05) is 0 Å². The summed E-state index contributed by atoms with van der Waals surface area (Å²) in [5.41, 5.74) is -2.70. The summed E-state index contributed by atoms with van der Waals surface area (Å²) < 4.78 is 88.1. The van der Waals surface area contributed by atoms with Crippen molar-refractivity contribution in [3.63, 3.8) is 0 Å². The van der Waals surface area contributed by atoms with Crippen molar-refractivity contribution < 1.29 is 45.3 Å². The Balaban J connectivity index is 3.54. The number of hydrogen-bond acceptors (Lipinski definition) is 5. The Morgan fingerprint density at radius 2 is 1.77 bits per heavy atom.